The lowest BCUT2D eigenvalue weighted by Crippen LogP contribution is -2.33. The first kappa shape index (κ1) is 11.0. The molecule has 0 radical (unpaired) electrons. The van der Waals surface area contributed by atoms with Gasteiger partial charge in [-0.2, -0.15) is 0 Å². The molecule has 0 aromatic rings. The number of hydrogen-bond acceptors (Lipinski definition) is 1. The predicted molar refractivity (Wildman–Crippen MR) is 51.9 cm³/mol. The molecule has 0 aliphatic heterocycles. The average Bonchev–Trinajstić information content (AvgIpc) is 1.80. The van der Waals surface area contributed by atoms with Crippen LogP contribution in [-0.4, -0.2) is 12.6 Å². The molecule has 0 spiro atoms. The summed E-state index contributed by atoms with van der Waals surface area (Å²) in [6.07, 6.45) is 0. The SMILES string of the molecule is C=C(Cl)C(C)NCC(C)(C)C. The molecule has 0 aromatic heterocycles. The molecule has 0 saturated carbocycles. The summed E-state index contributed by atoms with van der Waals surface area (Å²) in [6.45, 7) is 13.2. The molecule has 2 heteroatoms. The van der Waals surface area contributed by atoms with Crippen LogP contribution in [0.25, 0.3) is 0 Å². The van der Waals surface area contributed by atoms with E-state index in [-0.39, 0.29) is 6.04 Å². The van der Waals surface area contributed by atoms with E-state index in [4.69, 9.17) is 11.6 Å². The van der Waals surface area contributed by atoms with Crippen LogP contribution in [0.4, 0.5) is 0 Å². The molecule has 66 valence electrons. The van der Waals surface area contributed by atoms with Crippen molar-refractivity contribution in [1.82, 2.24) is 5.32 Å². The van der Waals surface area contributed by atoms with E-state index < -0.39 is 0 Å². The third-order valence-corrected chi connectivity index (χ3v) is 1.74. The Morgan fingerprint density at radius 1 is 1.55 bits per heavy atom. The van der Waals surface area contributed by atoms with Crippen LogP contribution in [0, 0.1) is 5.41 Å². The molecule has 1 unspecified atom stereocenters. The fraction of sp³-hybridized carbons (Fsp3) is 0.778. The lowest BCUT2D eigenvalue weighted by molar-refractivity contribution is 0.370. The van der Waals surface area contributed by atoms with Crippen molar-refractivity contribution >= 4 is 11.6 Å². The molecule has 0 aliphatic carbocycles. The number of halogens is 1. The zero-order chi connectivity index (χ0) is 9.07. The topological polar surface area (TPSA) is 12.0 Å². The molecule has 0 aromatic carbocycles. The van der Waals surface area contributed by atoms with E-state index in [0.29, 0.717) is 10.4 Å². The molecule has 0 fully saturated rings. The number of rotatable bonds is 3. The first-order chi connectivity index (χ1) is 4.83. The normalized spacial score (nSPS) is 14.6. The van der Waals surface area contributed by atoms with Crippen molar-refractivity contribution in [2.75, 3.05) is 6.54 Å². The van der Waals surface area contributed by atoms with E-state index in [0.717, 1.165) is 6.54 Å². The van der Waals surface area contributed by atoms with Crippen LogP contribution in [0.1, 0.15) is 27.7 Å². The Bertz CT molecular complexity index is 135. The van der Waals surface area contributed by atoms with E-state index >= 15 is 0 Å². The second kappa shape index (κ2) is 4.13. The Morgan fingerprint density at radius 3 is 2.27 bits per heavy atom. The number of nitrogens with one attached hydrogen (secondary N) is 1. The first-order valence-corrected chi connectivity index (χ1v) is 4.28. The highest BCUT2D eigenvalue weighted by Gasteiger charge is 2.11. The lowest BCUT2D eigenvalue weighted by atomic mass is 9.97. The van der Waals surface area contributed by atoms with Crippen molar-refractivity contribution < 1.29 is 0 Å². The highest BCUT2D eigenvalue weighted by molar-refractivity contribution is 6.29. The molecule has 0 bridgehead atoms. The summed E-state index contributed by atoms with van der Waals surface area (Å²) in [5, 5.41) is 3.97. The Labute approximate surface area is 74.8 Å². The fourth-order valence-corrected chi connectivity index (χ4v) is 0.647. The van der Waals surface area contributed by atoms with Crippen molar-refractivity contribution in [3.63, 3.8) is 0 Å². The van der Waals surface area contributed by atoms with Crippen LogP contribution in [0.15, 0.2) is 11.6 Å². The van der Waals surface area contributed by atoms with Crippen molar-refractivity contribution in [2.45, 2.75) is 33.7 Å². The van der Waals surface area contributed by atoms with E-state index in [9.17, 15) is 0 Å². The number of hydrogen-bond donors (Lipinski definition) is 1. The van der Waals surface area contributed by atoms with Gasteiger partial charge in [0, 0.05) is 17.6 Å². The summed E-state index contributed by atoms with van der Waals surface area (Å²) >= 11 is 5.70. The third kappa shape index (κ3) is 6.39. The van der Waals surface area contributed by atoms with Crippen molar-refractivity contribution in [2.24, 2.45) is 5.41 Å². The largest absolute Gasteiger partial charge is 0.309 e. The predicted octanol–water partition coefficient (Wildman–Crippen LogP) is 2.76. The average molecular weight is 176 g/mol. The van der Waals surface area contributed by atoms with E-state index in [1.807, 2.05) is 6.92 Å². The van der Waals surface area contributed by atoms with Gasteiger partial charge in [0.2, 0.25) is 0 Å². The highest BCUT2D eigenvalue weighted by atomic mass is 35.5. The van der Waals surface area contributed by atoms with Crippen molar-refractivity contribution in [1.29, 1.82) is 0 Å². The monoisotopic (exact) mass is 175 g/mol. The molecule has 0 heterocycles. The summed E-state index contributed by atoms with van der Waals surface area (Å²) in [7, 11) is 0. The van der Waals surface area contributed by atoms with Crippen LogP contribution in [-0.2, 0) is 0 Å². The molecule has 1 atom stereocenters. The van der Waals surface area contributed by atoms with Gasteiger partial charge in [-0.25, -0.2) is 0 Å². The van der Waals surface area contributed by atoms with Gasteiger partial charge in [-0.1, -0.05) is 39.0 Å². The molecule has 0 saturated heterocycles. The molecular formula is C9H18ClN. The van der Waals surface area contributed by atoms with Crippen LogP contribution in [0.2, 0.25) is 0 Å². The van der Waals surface area contributed by atoms with E-state index in [2.05, 4.69) is 32.7 Å². The molecule has 11 heavy (non-hydrogen) atoms. The van der Waals surface area contributed by atoms with E-state index in [1.165, 1.54) is 0 Å². The Kier molecular flexibility index (Phi) is 4.12. The molecule has 0 amide bonds. The van der Waals surface area contributed by atoms with Gasteiger partial charge in [-0.15, -0.1) is 0 Å². The summed E-state index contributed by atoms with van der Waals surface area (Å²) in [5.41, 5.74) is 0.306. The lowest BCUT2D eigenvalue weighted by Gasteiger charge is -2.21. The third-order valence-electron chi connectivity index (χ3n) is 1.41. The van der Waals surface area contributed by atoms with Gasteiger partial charge in [0.05, 0.1) is 0 Å². The molecular weight excluding hydrogens is 158 g/mol. The van der Waals surface area contributed by atoms with Crippen molar-refractivity contribution in [3.8, 4) is 0 Å². The van der Waals surface area contributed by atoms with Crippen LogP contribution in [0.3, 0.4) is 0 Å². The molecule has 1 nitrogen and oxygen atoms in total. The van der Waals surface area contributed by atoms with E-state index in [1.54, 1.807) is 0 Å². The van der Waals surface area contributed by atoms with Gasteiger partial charge < -0.3 is 5.32 Å². The van der Waals surface area contributed by atoms with Gasteiger partial charge in [-0.3, -0.25) is 0 Å². The quantitative estimate of drug-likeness (QED) is 0.696. The maximum atomic E-state index is 5.70. The van der Waals surface area contributed by atoms with Gasteiger partial charge >= 0.3 is 0 Å². The van der Waals surface area contributed by atoms with Gasteiger partial charge in [0.1, 0.15) is 0 Å². The van der Waals surface area contributed by atoms with Crippen LogP contribution >= 0.6 is 11.6 Å². The molecule has 0 aliphatic rings. The summed E-state index contributed by atoms with van der Waals surface area (Å²) < 4.78 is 0. The summed E-state index contributed by atoms with van der Waals surface area (Å²) in [4.78, 5) is 0. The maximum absolute atomic E-state index is 5.70. The Morgan fingerprint density at radius 2 is 2.00 bits per heavy atom. The highest BCUT2D eigenvalue weighted by Crippen LogP contribution is 2.12. The van der Waals surface area contributed by atoms with Gasteiger partial charge in [0.25, 0.3) is 0 Å². The van der Waals surface area contributed by atoms with Gasteiger partial charge in [0.15, 0.2) is 0 Å². The fourth-order valence-electron chi connectivity index (χ4n) is 0.570. The van der Waals surface area contributed by atoms with Crippen LogP contribution < -0.4 is 5.32 Å². The summed E-state index contributed by atoms with van der Waals surface area (Å²) in [5.74, 6) is 0. The van der Waals surface area contributed by atoms with Gasteiger partial charge in [-0.05, 0) is 12.3 Å². The smallest absolute Gasteiger partial charge is 0.0394 e. The van der Waals surface area contributed by atoms with Crippen molar-refractivity contribution in [3.05, 3.63) is 11.6 Å². The maximum Gasteiger partial charge on any atom is 0.0394 e. The second-order valence-corrected chi connectivity index (χ2v) is 4.60. The minimum absolute atomic E-state index is 0.205. The minimum Gasteiger partial charge on any atom is -0.309 e. The zero-order valence-corrected chi connectivity index (χ0v) is 8.63. The summed E-state index contributed by atoms with van der Waals surface area (Å²) in [6, 6.07) is 0.205. The minimum atomic E-state index is 0.205. The second-order valence-electron chi connectivity index (χ2n) is 4.11. The standard InChI is InChI=1S/C9H18ClN/c1-7(10)8(2)11-6-9(3,4)5/h8,11H,1,6H2,2-5H3. The Hall–Kier alpha value is -0.0100. The first-order valence-electron chi connectivity index (χ1n) is 3.90. The van der Waals surface area contributed by atoms with Crippen LogP contribution in [0.5, 0.6) is 0 Å². The molecule has 1 N–H and O–H groups in total. The zero-order valence-electron chi connectivity index (χ0n) is 7.87. The molecule has 0 rings (SSSR count). The Balaban J connectivity index is 3.63.